The van der Waals surface area contributed by atoms with Gasteiger partial charge in [-0.2, -0.15) is 0 Å². The Bertz CT molecular complexity index is 749. The first-order chi connectivity index (χ1) is 13.0. The summed E-state index contributed by atoms with van der Waals surface area (Å²) < 4.78 is 33.8. The molecule has 6 nitrogen and oxygen atoms in total. The molecule has 0 bridgehead atoms. The number of amides is 1. The third-order valence-electron chi connectivity index (χ3n) is 5.53. The minimum atomic E-state index is -3.66. The largest absolute Gasteiger partial charge is 0.496 e. The van der Waals surface area contributed by atoms with E-state index in [1.165, 1.54) is 19.2 Å². The summed E-state index contributed by atoms with van der Waals surface area (Å²) in [5.41, 5.74) is 0.325. The fraction of sp³-hybridized carbons (Fsp3) is 0.650. The van der Waals surface area contributed by atoms with Crippen LogP contribution in [0.5, 0.6) is 5.75 Å². The molecule has 150 valence electrons. The van der Waals surface area contributed by atoms with Crippen molar-refractivity contribution < 1.29 is 17.9 Å². The first-order valence-electron chi connectivity index (χ1n) is 10.0. The Morgan fingerprint density at radius 2 is 1.67 bits per heavy atom. The second kappa shape index (κ2) is 9.06. The summed E-state index contributed by atoms with van der Waals surface area (Å²) in [6.45, 7) is 1.42. The van der Waals surface area contributed by atoms with E-state index in [2.05, 4.69) is 4.72 Å². The fourth-order valence-electron chi connectivity index (χ4n) is 3.97. The summed E-state index contributed by atoms with van der Waals surface area (Å²) in [6, 6.07) is 4.55. The Morgan fingerprint density at radius 1 is 1.04 bits per heavy atom. The number of sulfonamides is 1. The predicted octanol–water partition coefficient (Wildman–Crippen LogP) is 3.32. The van der Waals surface area contributed by atoms with Crippen molar-refractivity contribution in [3.63, 3.8) is 0 Å². The summed E-state index contributed by atoms with van der Waals surface area (Å²) in [5.74, 6) is 0.268. The minimum Gasteiger partial charge on any atom is -0.496 e. The van der Waals surface area contributed by atoms with Crippen molar-refractivity contribution >= 4 is 15.9 Å². The highest BCUT2D eigenvalue weighted by Gasteiger charge is 2.26. The maximum Gasteiger partial charge on any atom is 0.257 e. The van der Waals surface area contributed by atoms with Gasteiger partial charge in [0.2, 0.25) is 10.0 Å². The zero-order chi connectivity index (χ0) is 19.3. The van der Waals surface area contributed by atoms with Crippen molar-refractivity contribution in [1.82, 2.24) is 9.62 Å². The second-order valence-corrected chi connectivity index (χ2v) is 9.24. The lowest BCUT2D eigenvalue weighted by molar-refractivity contribution is 0.0758. The molecule has 0 radical (unpaired) electrons. The summed E-state index contributed by atoms with van der Waals surface area (Å²) in [6.07, 6.45) is 9.22. The third-order valence-corrected chi connectivity index (χ3v) is 7.05. The van der Waals surface area contributed by atoms with Gasteiger partial charge >= 0.3 is 0 Å². The number of likely N-dealkylation sites (tertiary alicyclic amines) is 1. The Kier molecular flexibility index (Phi) is 6.76. The van der Waals surface area contributed by atoms with E-state index >= 15 is 0 Å². The van der Waals surface area contributed by atoms with Gasteiger partial charge in [0.15, 0.2) is 0 Å². The first kappa shape index (κ1) is 20.1. The highest BCUT2D eigenvalue weighted by atomic mass is 32.2. The van der Waals surface area contributed by atoms with Gasteiger partial charge in [-0.3, -0.25) is 4.79 Å². The predicted molar refractivity (Wildman–Crippen MR) is 105 cm³/mol. The summed E-state index contributed by atoms with van der Waals surface area (Å²) >= 11 is 0. The molecule has 27 heavy (non-hydrogen) atoms. The monoisotopic (exact) mass is 394 g/mol. The van der Waals surface area contributed by atoms with Crippen LogP contribution in [0.1, 0.15) is 68.1 Å². The first-order valence-corrected chi connectivity index (χ1v) is 11.5. The molecule has 3 rings (SSSR count). The normalized spacial score (nSPS) is 19.5. The van der Waals surface area contributed by atoms with E-state index < -0.39 is 10.0 Å². The fourth-order valence-corrected chi connectivity index (χ4v) is 5.30. The molecule has 0 spiro atoms. The molecule has 1 aromatic carbocycles. The number of hydrogen-bond acceptors (Lipinski definition) is 4. The number of nitrogens with zero attached hydrogens (tertiary/aromatic N) is 1. The van der Waals surface area contributed by atoms with Crippen LogP contribution in [0.4, 0.5) is 0 Å². The Hall–Kier alpha value is -1.60. The molecule has 1 saturated carbocycles. The van der Waals surface area contributed by atoms with E-state index in [9.17, 15) is 13.2 Å². The van der Waals surface area contributed by atoms with Crippen LogP contribution >= 0.6 is 0 Å². The zero-order valence-corrected chi connectivity index (χ0v) is 16.9. The molecule has 1 aliphatic carbocycles. The van der Waals surface area contributed by atoms with E-state index in [1.54, 1.807) is 6.07 Å². The second-order valence-electron chi connectivity index (χ2n) is 7.52. The van der Waals surface area contributed by atoms with Crippen molar-refractivity contribution in [2.45, 2.75) is 68.7 Å². The summed E-state index contributed by atoms with van der Waals surface area (Å²) in [7, 11) is -2.15. The number of carbonyl (C=O) groups is 1. The van der Waals surface area contributed by atoms with E-state index in [1.807, 2.05) is 4.90 Å². The van der Waals surface area contributed by atoms with Gasteiger partial charge in [0.25, 0.3) is 5.91 Å². The van der Waals surface area contributed by atoms with Gasteiger partial charge in [0, 0.05) is 19.1 Å². The molecule has 1 N–H and O–H groups in total. The van der Waals surface area contributed by atoms with Gasteiger partial charge in [0.05, 0.1) is 17.6 Å². The van der Waals surface area contributed by atoms with Crippen molar-refractivity contribution in [1.29, 1.82) is 0 Å². The maximum atomic E-state index is 13.0. The molecule has 0 atom stereocenters. The lowest BCUT2D eigenvalue weighted by atomic mass is 9.96. The molecule has 1 aliphatic heterocycles. The van der Waals surface area contributed by atoms with Crippen molar-refractivity contribution in [2.24, 2.45) is 0 Å². The van der Waals surface area contributed by atoms with E-state index in [0.29, 0.717) is 24.4 Å². The van der Waals surface area contributed by atoms with Crippen molar-refractivity contribution in [3.05, 3.63) is 23.8 Å². The number of benzene rings is 1. The van der Waals surface area contributed by atoms with Crippen LogP contribution in [-0.4, -0.2) is 45.5 Å². The molecule has 1 amide bonds. The van der Waals surface area contributed by atoms with Gasteiger partial charge < -0.3 is 9.64 Å². The average molecular weight is 395 g/mol. The quantitative estimate of drug-likeness (QED) is 0.831. The van der Waals surface area contributed by atoms with Crippen LogP contribution in [0.25, 0.3) is 0 Å². The molecule has 2 aliphatic rings. The standard InChI is InChI=1S/C20H30N2O4S/c1-26-19-12-11-17(27(24,25)21-16-9-5-4-6-10-16)15-18(19)20(23)22-13-7-2-3-8-14-22/h11-12,15-16,21H,2-10,13-14H2,1H3. The zero-order valence-electron chi connectivity index (χ0n) is 16.1. The van der Waals surface area contributed by atoms with Gasteiger partial charge in [-0.15, -0.1) is 0 Å². The highest BCUT2D eigenvalue weighted by Crippen LogP contribution is 2.26. The van der Waals surface area contributed by atoms with E-state index in [0.717, 1.165) is 57.8 Å². The number of nitrogens with one attached hydrogen (secondary N) is 1. The number of methoxy groups -OCH3 is 1. The van der Waals surface area contributed by atoms with E-state index in [4.69, 9.17) is 4.74 Å². The maximum absolute atomic E-state index is 13.0. The molecule has 0 aromatic heterocycles. The lowest BCUT2D eigenvalue weighted by Gasteiger charge is -2.24. The summed E-state index contributed by atoms with van der Waals surface area (Å²) in [4.78, 5) is 15.0. The number of hydrogen-bond donors (Lipinski definition) is 1. The Balaban J connectivity index is 1.84. The van der Waals surface area contributed by atoms with Gasteiger partial charge in [-0.05, 0) is 43.9 Å². The average Bonchev–Trinajstić information content (AvgIpc) is 2.97. The number of rotatable bonds is 5. The van der Waals surface area contributed by atoms with Gasteiger partial charge in [-0.25, -0.2) is 13.1 Å². The smallest absolute Gasteiger partial charge is 0.257 e. The van der Waals surface area contributed by atoms with Crippen LogP contribution in [0.2, 0.25) is 0 Å². The molecule has 1 saturated heterocycles. The minimum absolute atomic E-state index is 0.0180. The Labute approximate surface area is 162 Å². The van der Waals surface area contributed by atoms with Gasteiger partial charge in [0.1, 0.15) is 5.75 Å². The highest BCUT2D eigenvalue weighted by molar-refractivity contribution is 7.89. The van der Waals surface area contributed by atoms with Crippen molar-refractivity contribution in [2.75, 3.05) is 20.2 Å². The topological polar surface area (TPSA) is 75.7 Å². The molecular weight excluding hydrogens is 364 g/mol. The van der Waals surface area contributed by atoms with Gasteiger partial charge in [-0.1, -0.05) is 32.1 Å². The molecule has 7 heteroatoms. The van der Waals surface area contributed by atoms with E-state index in [-0.39, 0.29) is 16.8 Å². The molecule has 1 heterocycles. The van der Waals surface area contributed by atoms with Crippen LogP contribution in [0, 0.1) is 0 Å². The SMILES string of the molecule is COc1ccc(S(=O)(=O)NC2CCCCC2)cc1C(=O)N1CCCCCC1. The lowest BCUT2D eigenvalue weighted by Crippen LogP contribution is -2.36. The molecule has 1 aromatic rings. The van der Waals surface area contributed by atoms with Crippen LogP contribution in [-0.2, 0) is 10.0 Å². The summed E-state index contributed by atoms with van der Waals surface area (Å²) in [5, 5.41) is 0. The van der Waals surface area contributed by atoms with Crippen molar-refractivity contribution in [3.8, 4) is 5.75 Å². The number of ether oxygens (including phenoxy) is 1. The third kappa shape index (κ3) is 5.02. The molecule has 0 unspecified atom stereocenters. The van der Waals surface area contributed by atoms with Crippen LogP contribution in [0.3, 0.4) is 0 Å². The van der Waals surface area contributed by atoms with Crippen LogP contribution < -0.4 is 9.46 Å². The molecule has 2 fully saturated rings. The van der Waals surface area contributed by atoms with Crippen LogP contribution in [0.15, 0.2) is 23.1 Å². The Morgan fingerprint density at radius 3 is 2.30 bits per heavy atom. The number of carbonyl (C=O) groups excluding carboxylic acids is 1. The molecular formula is C20H30N2O4S.